The van der Waals surface area contributed by atoms with Gasteiger partial charge in [0, 0.05) is 18.8 Å². The zero-order valence-electron chi connectivity index (χ0n) is 10.7. The van der Waals surface area contributed by atoms with Crippen molar-refractivity contribution in [2.24, 2.45) is 5.84 Å². The summed E-state index contributed by atoms with van der Waals surface area (Å²) < 4.78 is 26.3. The average Bonchev–Trinajstić information content (AvgIpc) is 2.38. The molecule has 9 heteroatoms. The number of nitrogens with one attached hydrogen (secondary N) is 3. The molecule has 1 rings (SSSR count). The Labute approximate surface area is 111 Å². The fraction of sp³-hybridized carbons (Fsp3) is 0.400. The Balaban J connectivity index is 2.89. The molecule has 1 heterocycles. The van der Waals surface area contributed by atoms with Crippen LogP contribution in [0.3, 0.4) is 0 Å². The zero-order valence-corrected chi connectivity index (χ0v) is 11.5. The minimum absolute atomic E-state index is 0.0217. The monoisotopic (exact) mass is 287 g/mol. The van der Waals surface area contributed by atoms with E-state index in [1.807, 2.05) is 0 Å². The van der Waals surface area contributed by atoms with Crippen LogP contribution in [0, 0.1) is 0 Å². The first-order valence-electron chi connectivity index (χ1n) is 5.63. The van der Waals surface area contributed by atoms with Crippen molar-refractivity contribution in [2.75, 3.05) is 12.0 Å². The summed E-state index contributed by atoms with van der Waals surface area (Å²) >= 11 is 0. The Morgan fingerprint density at radius 3 is 2.79 bits per heavy atom. The number of carbonyl (C=O) groups is 1. The van der Waals surface area contributed by atoms with Crippen LogP contribution in [0.5, 0.6) is 0 Å². The van der Waals surface area contributed by atoms with Gasteiger partial charge in [-0.3, -0.25) is 4.79 Å². The predicted molar refractivity (Wildman–Crippen MR) is 70.5 cm³/mol. The topological polar surface area (TPSA) is 126 Å². The molecule has 0 fully saturated rings. The van der Waals surface area contributed by atoms with Gasteiger partial charge < -0.3 is 10.7 Å². The Hall–Kier alpha value is -1.71. The quantitative estimate of drug-likeness (QED) is 0.399. The molecule has 1 amide bonds. The molecule has 0 bridgehead atoms. The Bertz CT molecular complexity index is 546. The molecule has 0 radical (unpaired) electrons. The molecule has 1 unspecified atom stereocenters. The van der Waals surface area contributed by atoms with Gasteiger partial charge in [-0.15, -0.1) is 0 Å². The molecule has 0 aromatic carbocycles. The fourth-order valence-corrected chi connectivity index (χ4v) is 2.55. The number of rotatable bonds is 6. The summed E-state index contributed by atoms with van der Waals surface area (Å²) in [5.74, 6) is 4.98. The number of nitrogens with two attached hydrogens (primary N) is 1. The maximum absolute atomic E-state index is 12.0. The highest BCUT2D eigenvalue weighted by Crippen LogP contribution is 2.12. The summed E-state index contributed by atoms with van der Waals surface area (Å²) in [5, 5.41) is 2.53. The minimum Gasteiger partial charge on any atom is -0.355 e. The summed E-state index contributed by atoms with van der Waals surface area (Å²) in [6, 6.07) is 1.72. The summed E-state index contributed by atoms with van der Waals surface area (Å²) in [4.78, 5) is 15.3. The second kappa shape index (κ2) is 6.45. The minimum atomic E-state index is -3.80. The number of hydrazine groups is 1. The molecule has 5 N–H and O–H groups in total. The van der Waals surface area contributed by atoms with Crippen molar-refractivity contribution >= 4 is 21.7 Å². The maximum Gasteiger partial charge on any atom is 0.241 e. The van der Waals surface area contributed by atoms with E-state index in [4.69, 9.17) is 5.84 Å². The molecular weight excluding hydrogens is 270 g/mol. The van der Waals surface area contributed by atoms with Crippen molar-refractivity contribution in [1.82, 2.24) is 15.0 Å². The number of anilines is 1. The molecule has 0 aliphatic carbocycles. The normalized spacial score (nSPS) is 12.8. The second-order valence-electron chi connectivity index (χ2n) is 3.76. The van der Waals surface area contributed by atoms with E-state index < -0.39 is 22.0 Å². The van der Waals surface area contributed by atoms with E-state index in [1.165, 1.54) is 25.3 Å². The maximum atomic E-state index is 12.0. The van der Waals surface area contributed by atoms with Gasteiger partial charge in [-0.25, -0.2) is 19.2 Å². The second-order valence-corrected chi connectivity index (χ2v) is 5.47. The molecule has 0 saturated heterocycles. The first-order valence-corrected chi connectivity index (χ1v) is 7.11. The lowest BCUT2D eigenvalue weighted by molar-refractivity contribution is -0.122. The van der Waals surface area contributed by atoms with Crippen LogP contribution in [0.2, 0.25) is 0 Å². The zero-order chi connectivity index (χ0) is 14.5. The van der Waals surface area contributed by atoms with Gasteiger partial charge in [0.1, 0.15) is 5.82 Å². The van der Waals surface area contributed by atoms with Crippen molar-refractivity contribution in [3.63, 3.8) is 0 Å². The molecule has 0 saturated carbocycles. The molecule has 0 aliphatic heterocycles. The van der Waals surface area contributed by atoms with Crippen LogP contribution in [0.25, 0.3) is 0 Å². The van der Waals surface area contributed by atoms with Crippen molar-refractivity contribution in [1.29, 1.82) is 0 Å². The van der Waals surface area contributed by atoms with Gasteiger partial charge in [-0.1, -0.05) is 0 Å². The lowest BCUT2D eigenvalue weighted by Gasteiger charge is -2.14. The molecule has 106 valence electrons. The fourth-order valence-electron chi connectivity index (χ4n) is 1.34. The Morgan fingerprint density at radius 2 is 2.21 bits per heavy atom. The Morgan fingerprint density at radius 1 is 1.53 bits per heavy atom. The molecule has 1 aromatic heterocycles. The van der Waals surface area contributed by atoms with E-state index in [0.29, 0.717) is 6.54 Å². The van der Waals surface area contributed by atoms with Crippen LogP contribution in [0.15, 0.2) is 23.2 Å². The number of hydrogen-bond acceptors (Lipinski definition) is 6. The van der Waals surface area contributed by atoms with Crippen molar-refractivity contribution in [3.8, 4) is 0 Å². The van der Waals surface area contributed by atoms with E-state index in [-0.39, 0.29) is 10.7 Å². The van der Waals surface area contributed by atoms with Gasteiger partial charge >= 0.3 is 0 Å². The van der Waals surface area contributed by atoms with Crippen LogP contribution in [-0.2, 0) is 14.8 Å². The predicted octanol–water partition coefficient (Wildman–Crippen LogP) is -0.830. The molecule has 8 nitrogen and oxygen atoms in total. The molecule has 0 aliphatic rings. The smallest absolute Gasteiger partial charge is 0.241 e. The van der Waals surface area contributed by atoms with E-state index in [9.17, 15) is 13.2 Å². The lowest BCUT2D eigenvalue weighted by Crippen LogP contribution is -2.44. The van der Waals surface area contributed by atoms with E-state index in [1.54, 1.807) is 6.92 Å². The van der Waals surface area contributed by atoms with Gasteiger partial charge in [-0.2, -0.15) is 4.72 Å². The van der Waals surface area contributed by atoms with Crippen molar-refractivity contribution < 1.29 is 13.2 Å². The van der Waals surface area contributed by atoms with Crippen LogP contribution in [-0.4, -0.2) is 31.9 Å². The molecule has 19 heavy (non-hydrogen) atoms. The number of nitrogen functional groups attached to an aromatic ring is 1. The SMILES string of the molecule is CCNC(=O)C(C)NS(=O)(=O)c1ccnc(NN)c1. The van der Waals surface area contributed by atoms with E-state index in [0.717, 1.165) is 0 Å². The van der Waals surface area contributed by atoms with Gasteiger partial charge in [0.05, 0.1) is 10.9 Å². The number of hydrogen-bond donors (Lipinski definition) is 4. The number of amides is 1. The molecular formula is C10H17N5O3S. The number of likely N-dealkylation sites (N-methyl/N-ethyl adjacent to an activating group) is 1. The summed E-state index contributed by atoms with van der Waals surface area (Å²) in [6.07, 6.45) is 1.31. The Kier molecular flexibility index (Phi) is 5.21. The van der Waals surface area contributed by atoms with Gasteiger partial charge in [0.2, 0.25) is 15.9 Å². The number of nitrogens with zero attached hydrogens (tertiary/aromatic N) is 1. The van der Waals surface area contributed by atoms with Crippen molar-refractivity contribution in [2.45, 2.75) is 24.8 Å². The van der Waals surface area contributed by atoms with Crippen LogP contribution in [0.1, 0.15) is 13.8 Å². The first kappa shape index (κ1) is 15.3. The highest BCUT2D eigenvalue weighted by Gasteiger charge is 2.21. The summed E-state index contributed by atoms with van der Waals surface area (Å²) in [5.41, 5.74) is 2.25. The average molecular weight is 287 g/mol. The molecule has 1 atom stereocenters. The standard InChI is InChI=1S/C10H17N5O3S/c1-3-12-10(16)7(2)15-19(17,18)8-4-5-13-9(6-8)14-11/h4-7,15H,3,11H2,1-2H3,(H,12,16)(H,13,14). The number of pyridine rings is 1. The summed E-state index contributed by atoms with van der Waals surface area (Å²) in [7, 11) is -3.80. The summed E-state index contributed by atoms with van der Waals surface area (Å²) in [6.45, 7) is 3.65. The third-order valence-corrected chi connectivity index (χ3v) is 3.80. The van der Waals surface area contributed by atoms with Gasteiger partial charge in [0.25, 0.3) is 0 Å². The largest absolute Gasteiger partial charge is 0.355 e. The van der Waals surface area contributed by atoms with Gasteiger partial charge in [-0.05, 0) is 19.9 Å². The number of carbonyl (C=O) groups excluding carboxylic acids is 1. The highest BCUT2D eigenvalue weighted by molar-refractivity contribution is 7.89. The molecule has 1 aromatic rings. The highest BCUT2D eigenvalue weighted by atomic mass is 32.2. The number of sulfonamides is 1. The third-order valence-electron chi connectivity index (χ3n) is 2.27. The molecule has 0 spiro atoms. The van der Waals surface area contributed by atoms with E-state index in [2.05, 4.69) is 20.4 Å². The first-order chi connectivity index (χ1) is 8.90. The lowest BCUT2D eigenvalue weighted by atomic mass is 10.3. The van der Waals surface area contributed by atoms with Gasteiger partial charge in [0.15, 0.2) is 0 Å². The van der Waals surface area contributed by atoms with Crippen LogP contribution in [0.4, 0.5) is 5.82 Å². The van der Waals surface area contributed by atoms with Crippen LogP contribution >= 0.6 is 0 Å². The number of aromatic nitrogens is 1. The third kappa shape index (κ3) is 4.16. The van der Waals surface area contributed by atoms with E-state index >= 15 is 0 Å². The van der Waals surface area contributed by atoms with Crippen molar-refractivity contribution in [3.05, 3.63) is 18.3 Å². The van der Waals surface area contributed by atoms with Crippen LogP contribution < -0.4 is 21.3 Å².